The Morgan fingerprint density at radius 3 is 2.12 bits per heavy atom. The number of sulfone groups is 1. The summed E-state index contributed by atoms with van der Waals surface area (Å²) in [6.07, 6.45) is 1.12. The molecule has 168 valence electrons. The minimum atomic E-state index is -4.02. The number of benzene rings is 3. The molecule has 10 heteroatoms. The van der Waals surface area contributed by atoms with E-state index in [0.717, 1.165) is 6.26 Å². The molecule has 0 aromatic heterocycles. The van der Waals surface area contributed by atoms with E-state index in [0.29, 0.717) is 11.3 Å². The summed E-state index contributed by atoms with van der Waals surface area (Å²) in [7, 11) is -7.34. The molecule has 3 aromatic carbocycles. The lowest BCUT2D eigenvalue weighted by Crippen LogP contribution is -2.27. The van der Waals surface area contributed by atoms with Gasteiger partial charge >= 0.3 is 0 Å². The molecule has 0 radical (unpaired) electrons. The van der Waals surface area contributed by atoms with Gasteiger partial charge in [-0.1, -0.05) is 41.9 Å². The van der Waals surface area contributed by atoms with E-state index in [9.17, 15) is 21.6 Å². The fourth-order valence-electron chi connectivity index (χ4n) is 2.93. The number of hydrogen-bond acceptors (Lipinski definition) is 5. The molecule has 0 aliphatic carbocycles. The summed E-state index contributed by atoms with van der Waals surface area (Å²) >= 11 is 6.10. The van der Waals surface area contributed by atoms with Crippen LogP contribution in [0.1, 0.15) is 28.9 Å². The Morgan fingerprint density at radius 2 is 1.53 bits per heavy atom. The van der Waals surface area contributed by atoms with E-state index >= 15 is 0 Å². The topological polar surface area (TPSA) is 109 Å². The van der Waals surface area contributed by atoms with Crippen LogP contribution in [0, 0.1) is 0 Å². The predicted molar refractivity (Wildman–Crippen MR) is 124 cm³/mol. The van der Waals surface area contributed by atoms with E-state index in [4.69, 9.17) is 11.6 Å². The minimum Gasteiger partial charge on any atom is -0.346 e. The molecule has 32 heavy (non-hydrogen) atoms. The van der Waals surface area contributed by atoms with Gasteiger partial charge in [0, 0.05) is 17.5 Å². The zero-order valence-electron chi connectivity index (χ0n) is 17.2. The zero-order chi connectivity index (χ0) is 23.5. The van der Waals surface area contributed by atoms with E-state index in [-0.39, 0.29) is 20.4 Å². The molecule has 0 spiro atoms. The Morgan fingerprint density at radius 1 is 0.906 bits per heavy atom. The first-order valence-electron chi connectivity index (χ1n) is 9.46. The number of anilines is 1. The Kier molecular flexibility index (Phi) is 6.92. The summed E-state index contributed by atoms with van der Waals surface area (Å²) in [5.74, 6) is -0.502. The molecule has 2 N–H and O–H groups in total. The van der Waals surface area contributed by atoms with Gasteiger partial charge in [0.1, 0.15) is 4.90 Å². The molecular formula is C22H21ClN2O5S2. The van der Waals surface area contributed by atoms with Crippen LogP contribution < -0.4 is 10.0 Å². The molecule has 0 unspecified atom stereocenters. The molecule has 1 amide bonds. The maximum Gasteiger partial charge on any atom is 0.263 e. The highest BCUT2D eigenvalue weighted by atomic mass is 35.5. The summed E-state index contributed by atoms with van der Waals surface area (Å²) in [5, 5.41) is 2.75. The average molecular weight is 493 g/mol. The van der Waals surface area contributed by atoms with Crippen LogP contribution in [0.4, 0.5) is 5.69 Å². The predicted octanol–water partition coefficient (Wildman–Crippen LogP) is 4.04. The second-order valence-electron chi connectivity index (χ2n) is 7.15. The Labute approximate surface area is 192 Å². The van der Waals surface area contributed by atoms with E-state index < -0.39 is 31.8 Å². The van der Waals surface area contributed by atoms with Gasteiger partial charge in [-0.05, 0) is 55.0 Å². The molecule has 0 aliphatic heterocycles. The van der Waals surface area contributed by atoms with Gasteiger partial charge < -0.3 is 5.32 Å². The van der Waals surface area contributed by atoms with Crippen molar-refractivity contribution >= 4 is 43.1 Å². The van der Waals surface area contributed by atoms with Crippen LogP contribution in [-0.4, -0.2) is 29.0 Å². The van der Waals surface area contributed by atoms with Crippen molar-refractivity contribution in [3.63, 3.8) is 0 Å². The van der Waals surface area contributed by atoms with Crippen molar-refractivity contribution < 1.29 is 21.6 Å². The zero-order valence-corrected chi connectivity index (χ0v) is 19.6. The van der Waals surface area contributed by atoms with Crippen molar-refractivity contribution in [1.82, 2.24) is 5.32 Å². The van der Waals surface area contributed by atoms with Gasteiger partial charge in [-0.2, -0.15) is 0 Å². The lowest BCUT2D eigenvalue weighted by molar-refractivity contribution is 0.0939. The summed E-state index contributed by atoms with van der Waals surface area (Å²) in [5.41, 5.74) is 1.17. The van der Waals surface area contributed by atoms with Crippen LogP contribution in [0.2, 0.25) is 5.02 Å². The molecule has 0 aliphatic rings. The van der Waals surface area contributed by atoms with Crippen molar-refractivity contribution in [2.75, 3.05) is 11.0 Å². The number of carbonyl (C=O) groups is 1. The smallest absolute Gasteiger partial charge is 0.263 e. The van der Waals surface area contributed by atoms with E-state index in [1.807, 2.05) is 0 Å². The minimum absolute atomic E-state index is 0.0191. The maximum absolute atomic E-state index is 12.8. The Bertz CT molecular complexity index is 1340. The molecule has 7 nitrogen and oxygen atoms in total. The first kappa shape index (κ1) is 23.8. The molecule has 3 aromatic rings. The van der Waals surface area contributed by atoms with E-state index in [1.54, 1.807) is 49.4 Å². The third kappa shape index (κ3) is 5.67. The fourth-order valence-corrected chi connectivity index (χ4v) is 5.15. The molecule has 0 saturated heterocycles. The fraction of sp³-hybridized carbons (Fsp3) is 0.136. The largest absolute Gasteiger partial charge is 0.346 e. The summed E-state index contributed by atoms with van der Waals surface area (Å²) < 4.78 is 51.2. The molecule has 1 atom stereocenters. The van der Waals surface area contributed by atoms with Crippen LogP contribution in [0.25, 0.3) is 0 Å². The van der Waals surface area contributed by atoms with Crippen LogP contribution in [0.5, 0.6) is 0 Å². The monoisotopic (exact) mass is 492 g/mol. The number of rotatable bonds is 7. The molecule has 0 fully saturated rings. The molecular weight excluding hydrogens is 472 g/mol. The maximum atomic E-state index is 12.8. The third-order valence-corrected chi connectivity index (χ3v) is 7.66. The first-order valence-corrected chi connectivity index (χ1v) is 13.2. The van der Waals surface area contributed by atoms with Gasteiger partial charge in [-0.25, -0.2) is 16.8 Å². The molecule has 3 rings (SSSR count). The Balaban J connectivity index is 1.80. The van der Waals surface area contributed by atoms with Crippen LogP contribution in [-0.2, 0) is 19.9 Å². The first-order chi connectivity index (χ1) is 15.0. The van der Waals surface area contributed by atoms with Gasteiger partial charge in [-0.3, -0.25) is 9.52 Å². The highest BCUT2D eigenvalue weighted by molar-refractivity contribution is 7.92. The molecule has 0 bridgehead atoms. The Hall–Kier alpha value is -2.88. The number of carbonyl (C=O) groups excluding carboxylic acids is 1. The number of amides is 1. The van der Waals surface area contributed by atoms with Crippen molar-refractivity contribution in [2.24, 2.45) is 0 Å². The lowest BCUT2D eigenvalue weighted by Gasteiger charge is -2.16. The van der Waals surface area contributed by atoms with E-state index in [1.165, 1.54) is 30.3 Å². The van der Waals surface area contributed by atoms with Gasteiger partial charge in [0.2, 0.25) is 0 Å². The number of nitrogens with one attached hydrogen (secondary N) is 2. The number of halogens is 1. The summed E-state index contributed by atoms with van der Waals surface area (Å²) in [4.78, 5) is 12.7. The van der Waals surface area contributed by atoms with Crippen LogP contribution in [0.15, 0.2) is 82.6 Å². The van der Waals surface area contributed by atoms with Gasteiger partial charge in [0.15, 0.2) is 9.84 Å². The SMILES string of the molecule is C[C@@H](NC(=O)c1ccc(Cl)c(S(=O)(=O)Nc2ccccc2)c1)c1ccc(S(C)(=O)=O)cc1. The molecule has 0 saturated carbocycles. The summed E-state index contributed by atoms with van der Waals surface area (Å²) in [6, 6.07) is 18.0. The van der Waals surface area contributed by atoms with Crippen molar-refractivity contribution in [3.05, 3.63) is 88.9 Å². The van der Waals surface area contributed by atoms with Gasteiger partial charge in [0.05, 0.1) is 16.0 Å². The van der Waals surface area contributed by atoms with E-state index in [2.05, 4.69) is 10.0 Å². The average Bonchev–Trinajstić information content (AvgIpc) is 2.73. The van der Waals surface area contributed by atoms with Crippen molar-refractivity contribution in [2.45, 2.75) is 22.8 Å². The summed E-state index contributed by atoms with van der Waals surface area (Å²) in [6.45, 7) is 1.73. The number of hydrogen-bond donors (Lipinski definition) is 2. The van der Waals surface area contributed by atoms with Crippen molar-refractivity contribution in [1.29, 1.82) is 0 Å². The van der Waals surface area contributed by atoms with Crippen molar-refractivity contribution in [3.8, 4) is 0 Å². The molecule has 0 heterocycles. The second kappa shape index (κ2) is 9.32. The van der Waals surface area contributed by atoms with Crippen LogP contribution >= 0.6 is 11.6 Å². The quantitative estimate of drug-likeness (QED) is 0.517. The van der Waals surface area contributed by atoms with Gasteiger partial charge in [-0.15, -0.1) is 0 Å². The standard InChI is InChI=1S/C22H21ClN2O5S2/c1-15(16-8-11-19(12-9-16)31(2,27)28)24-22(26)17-10-13-20(23)21(14-17)32(29,30)25-18-6-4-3-5-7-18/h3-15,25H,1-2H3,(H,24,26)/t15-/m1/s1. The lowest BCUT2D eigenvalue weighted by atomic mass is 10.1. The highest BCUT2D eigenvalue weighted by Gasteiger charge is 2.21. The number of para-hydroxylation sites is 1. The van der Waals surface area contributed by atoms with Crippen LogP contribution in [0.3, 0.4) is 0 Å². The second-order valence-corrected chi connectivity index (χ2v) is 11.2. The highest BCUT2D eigenvalue weighted by Crippen LogP contribution is 2.25. The third-order valence-electron chi connectivity index (χ3n) is 4.66. The van der Waals surface area contributed by atoms with Gasteiger partial charge in [0.25, 0.3) is 15.9 Å². The number of sulfonamides is 1. The normalized spacial score (nSPS) is 12.7.